The summed E-state index contributed by atoms with van der Waals surface area (Å²) in [4.78, 5) is 25.1. The van der Waals surface area contributed by atoms with Crippen LogP contribution in [0.2, 0.25) is 0 Å². The third kappa shape index (κ3) is 2.98. The van der Waals surface area contributed by atoms with Crippen molar-refractivity contribution in [2.24, 2.45) is 0 Å². The van der Waals surface area contributed by atoms with Gasteiger partial charge in [-0.1, -0.05) is 6.07 Å². The van der Waals surface area contributed by atoms with Gasteiger partial charge in [0.05, 0.1) is 6.04 Å². The molecule has 1 aromatic rings. The fourth-order valence-corrected chi connectivity index (χ4v) is 3.45. The molecule has 0 spiro atoms. The number of carbonyl (C=O) groups is 2. The van der Waals surface area contributed by atoms with Gasteiger partial charge in [0.1, 0.15) is 17.5 Å². The van der Waals surface area contributed by atoms with Gasteiger partial charge >= 0.3 is 0 Å². The Kier molecular flexibility index (Phi) is 4.25. The lowest BCUT2D eigenvalue weighted by Gasteiger charge is -2.45. The number of ether oxygens (including phenoxy) is 1. The Morgan fingerprint density at radius 2 is 2.21 bits per heavy atom. The zero-order valence-electron chi connectivity index (χ0n) is 14.3. The standard InChI is InChI=1S/C18H24N2O4/c1-11(21)19-10-12-6-7-14-13(9-12)16(17(23)18(2,3)24-14)20-8-4-5-15(20)22/h6-7,9,16-17,23H,4-5,8,10H2,1-3H3,(H,19,21). The Hall–Kier alpha value is -2.08. The van der Waals surface area contributed by atoms with Crippen LogP contribution < -0.4 is 10.1 Å². The van der Waals surface area contributed by atoms with Gasteiger partial charge in [0.2, 0.25) is 11.8 Å². The van der Waals surface area contributed by atoms with Crippen LogP contribution in [-0.4, -0.2) is 40.1 Å². The minimum Gasteiger partial charge on any atom is -0.485 e. The third-order valence-corrected chi connectivity index (χ3v) is 4.76. The second-order valence-electron chi connectivity index (χ2n) is 7.07. The quantitative estimate of drug-likeness (QED) is 0.879. The lowest BCUT2D eigenvalue weighted by molar-refractivity contribution is -0.139. The lowest BCUT2D eigenvalue weighted by Crippen LogP contribution is -2.53. The molecule has 2 N–H and O–H groups in total. The molecule has 0 aromatic heterocycles. The van der Waals surface area contributed by atoms with Crippen molar-refractivity contribution in [1.82, 2.24) is 10.2 Å². The Balaban J connectivity index is 2.00. The zero-order chi connectivity index (χ0) is 17.5. The first-order chi connectivity index (χ1) is 11.3. The van der Waals surface area contributed by atoms with E-state index in [0.29, 0.717) is 25.3 Å². The molecule has 2 atom stereocenters. The highest BCUT2D eigenvalue weighted by Gasteiger charge is 2.47. The van der Waals surface area contributed by atoms with E-state index in [2.05, 4.69) is 5.32 Å². The molecule has 0 saturated carbocycles. The van der Waals surface area contributed by atoms with Gasteiger partial charge in [-0.25, -0.2) is 0 Å². The number of fused-ring (bicyclic) bond motifs is 1. The molecule has 2 amide bonds. The van der Waals surface area contributed by atoms with Gasteiger partial charge in [-0.2, -0.15) is 0 Å². The molecule has 1 aromatic carbocycles. The van der Waals surface area contributed by atoms with Crippen molar-refractivity contribution in [2.75, 3.05) is 6.54 Å². The predicted molar refractivity (Wildman–Crippen MR) is 88.4 cm³/mol. The molecule has 130 valence electrons. The summed E-state index contributed by atoms with van der Waals surface area (Å²) in [5.41, 5.74) is 0.940. The van der Waals surface area contributed by atoms with Gasteiger partial charge < -0.3 is 20.1 Å². The molecule has 0 aliphatic carbocycles. The number of nitrogens with one attached hydrogen (secondary N) is 1. The summed E-state index contributed by atoms with van der Waals surface area (Å²) in [6, 6.07) is 5.25. The minimum atomic E-state index is -0.817. The molecule has 2 heterocycles. The molecule has 1 fully saturated rings. The van der Waals surface area contributed by atoms with Crippen molar-refractivity contribution in [2.45, 2.75) is 57.9 Å². The maximum atomic E-state index is 12.3. The van der Waals surface area contributed by atoms with Gasteiger partial charge in [-0.3, -0.25) is 9.59 Å². The molecule has 2 unspecified atom stereocenters. The van der Waals surface area contributed by atoms with Gasteiger partial charge in [-0.15, -0.1) is 0 Å². The summed E-state index contributed by atoms with van der Waals surface area (Å²) in [6.45, 7) is 6.19. The summed E-state index contributed by atoms with van der Waals surface area (Å²) in [6.07, 6.45) is 0.512. The average Bonchev–Trinajstić information content (AvgIpc) is 2.92. The molecular formula is C18H24N2O4. The van der Waals surface area contributed by atoms with Crippen molar-refractivity contribution < 1.29 is 19.4 Å². The molecule has 0 bridgehead atoms. The third-order valence-electron chi connectivity index (χ3n) is 4.76. The summed E-state index contributed by atoms with van der Waals surface area (Å²) < 4.78 is 5.96. The van der Waals surface area contributed by atoms with Crippen LogP contribution in [0.5, 0.6) is 5.75 Å². The Morgan fingerprint density at radius 1 is 1.46 bits per heavy atom. The van der Waals surface area contributed by atoms with E-state index < -0.39 is 17.7 Å². The molecule has 2 aliphatic heterocycles. The predicted octanol–water partition coefficient (Wildman–Crippen LogP) is 1.52. The number of nitrogens with zero attached hydrogens (tertiary/aromatic N) is 1. The van der Waals surface area contributed by atoms with Crippen molar-refractivity contribution >= 4 is 11.8 Å². The number of carbonyl (C=O) groups excluding carboxylic acids is 2. The van der Waals surface area contributed by atoms with Gasteiger partial charge in [0.15, 0.2) is 0 Å². The largest absolute Gasteiger partial charge is 0.485 e. The van der Waals surface area contributed by atoms with Crippen LogP contribution in [0.3, 0.4) is 0 Å². The topological polar surface area (TPSA) is 78.9 Å². The number of aliphatic hydroxyl groups excluding tert-OH is 1. The van der Waals surface area contributed by atoms with Crippen molar-refractivity contribution in [3.8, 4) is 5.75 Å². The van der Waals surface area contributed by atoms with Crippen LogP contribution >= 0.6 is 0 Å². The molecule has 1 saturated heterocycles. The minimum absolute atomic E-state index is 0.0648. The van der Waals surface area contributed by atoms with Crippen LogP contribution in [0.1, 0.15) is 50.8 Å². The van der Waals surface area contributed by atoms with E-state index in [1.165, 1.54) is 6.92 Å². The summed E-state index contributed by atoms with van der Waals surface area (Å²) in [7, 11) is 0. The number of hydrogen-bond acceptors (Lipinski definition) is 4. The van der Waals surface area contributed by atoms with Crippen LogP contribution in [0.25, 0.3) is 0 Å². The highest BCUT2D eigenvalue weighted by atomic mass is 16.5. The van der Waals surface area contributed by atoms with E-state index >= 15 is 0 Å². The second-order valence-corrected chi connectivity index (χ2v) is 7.07. The average molecular weight is 332 g/mol. The molecular weight excluding hydrogens is 308 g/mol. The molecule has 24 heavy (non-hydrogen) atoms. The lowest BCUT2D eigenvalue weighted by atomic mass is 9.85. The van der Waals surface area contributed by atoms with E-state index in [0.717, 1.165) is 17.5 Å². The van der Waals surface area contributed by atoms with Gasteiger partial charge in [0.25, 0.3) is 0 Å². The number of likely N-dealkylation sites (tertiary alicyclic amines) is 1. The second kappa shape index (κ2) is 6.09. The smallest absolute Gasteiger partial charge is 0.223 e. The summed E-state index contributed by atoms with van der Waals surface area (Å²) in [5.74, 6) is 0.646. The fourth-order valence-electron chi connectivity index (χ4n) is 3.45. The Labute approximate surface area is 141 Å². The van der Waals surface area contributed by atoms with E-state index in [-0.39, 0.29) is 11.8 Å². The van der Waals surface area contributed by atoms with Crippen molar-refractivity contribution in [3.63, 3.8) is 0 Å². The first-order valence-corrected chi connectivity index (χ1v) is 8.33. The van der Waals surface area contributed by atoms with Crippen molar-refractivity contribution in [1.29, 1.82) is 0 Å². The monoisotopic (exact) mass is 332 g/mol. The number of hydrogen-bond donors (Lipinski definition) is 2. The number of benzene rings is 1. The molecule has 2 aliphatic rings. The first kappa shape index (κ1) is 16.8. The van der Waals surface area contributed by atoms with E-state index in [4.69, 9.17) is 4.74 Å². The van der Waals surface area contributed by atoms with Crippen LogP contribution in [-0.2, 0) is 16.1 Å². The Morgan fingerprint density at radius 3 is 2.83 bits per heavy atom. The van der Waals surface area contributed by atoms with E-state index in [1.807, 2.05) is 32.0 Å². The van der Waals surface area contributed by atoms with E-state index in [1.54, 1.807) is 4.90 Å². The zero-order valence-corrected chi connectivity index (χ0v) is 14.3. The maximum Gasteiger partial charge on any atom is 0.223 e. The number of amides is 2. The fraction of sp³-hybridized carbons (Fsp3) is 0.556. The number of rotatable bonds is 3. The highest BCUT2D eigenvalue weighted by Crippen LogP contribution is 2.44. The van der Waals surface area contributed by atoms with Crippen molar-refractivity contribution in [3.05, 3.63) is 29.3 Å². The highest BCUT2D eigenvalue weighted by molar-refractivity contribution is 5.79. The molecule has 0 radical (unpaired) electrons. The van der Waals surface area contributed by atoms with Gasteiger partial charge in [0, 0.05) is 32.0 Å². The van der Waals surface area contributed by atoms with Crippen LogP contribution in [0.15, 0.2) is 18.2 Å². The van der Waals surface area contributed by atoms with Gasteiger partial charge in [-0.05, 0) is 38.0 Å². The van der Waals surface area contributed by atoms with Crippen LogP contribution in [0.4, 0.5) is 0 Å². The van der Waals surface area contributed by atoms with E-state index in [9.17, 15) is 14.7 Å². The molecule has 6 nitrogen and oxygen atoms in total. The maximum absolute atomic E-state index is 12.3. The summed E-state index contributed by atoms with van der Waals surface area (Å²) in [5, 5.41) is 13.6. The summed E-state index contributed by atoms with van der Waals surface area (Å²) >= 11 is 0. The SMILES string of the molecule is CC(=O)NCc1ccc2c(c1)C(N1CCCC1=O)C(O)C(C)(C)O2. The normalized spacial score (nSPS) is 25.2. The number of aliphatic hydroxyl groups is 1. The van der Waals surface area contributed by atoms with Crippen LogP contribution in [0, 0.1) is 0 Å². The molecule has 3 rings (SSSR count). The molecule has 6 heteroatoms. The first-order valence-electron chi connectivity index (χ1n) is 8.33. The Bertz CT molecular complexity index is 671.